The van der Waals surface area contributed by atoms with E-state index in [-0.39, 0.29) is 0 Å². The van der Waals surface area contributed by atoms with Gasteiger partial charge in [0.25, 0.3) is 0 Å². The van der Waals surface area contributed by atoms with Gasteiger partial charge in [-0.3, -0.25) is 0 Å². The van der Waals surface area contributed by atoms with Crippen molar-refractivity contribution in [2.75, 3.05) is 0 Å². The lowest BCUT2D eigenvalue weighted by Crippen LogP contribution is -2.52. The van der Waals surface area contributed by atoms with E-state index < -0.39 is 15.7 Å². The molecule has 0 radical (unpaired) electrons. The fraction of sp³-hybridized carbons (Fsp3) is 0.750. The van der Waals surface area contributed by atoms with Crippen LogP contribution in [0, 0.1) is 0 Å². The average molecular weight is 217 g/mol. The van der Waals surface area contributed by atoms with Crippen LogP contribution in [0.2, 0.25) is 13.1 Å². The molecule has 0 fully saturated rings. The molecule has 0 aromatic heterocycles. The van der Waals surface area contributed by atoms with E-state index in [9.17, 15) is 4.80 Å². The molecule has 0 aromatic carbocycles. The normalized spacial score (nSPS) is 23.8. The van der Waals surface area contributed by atoms with Gasteiger partial charge in [0.05, 0.1) is 8.31 Å². The van der Waals surface area contributed by atoms with Crippen LogP contribution in [-0.4, -0.2) is 30.2 Å². The average Bonchev–Trinajstić information content (AvgIpc) is 2.06. The third-order valence-corrected chi connectivity index (χ3v) is 27.2. The van der Waals surface area contributed by atoms with Crippen molar-refractivity contribution in [1.29, 1.82) is 0 Å². The van der Waals surface area contributed by atoms with Gasteiger partial charge in [0.15, 0.2) is 7.35 Å². The minimum Gasteiger partial charge on any atom is -0.434 e. The first-order valence-corrected chi connectivity index (χ1v) is 14.5. The van der Waals surface area contributed by atoms with E-state index in [0.29, 0.717) is 0 Å². The molecule has 1 unspecified atom stereocenters. The van der Waals surface area contributed by atoms with Crippen LogP contribution in [0.4, 0.5) is 0 Å². The maximum absolute atomic E-state index is 10.4. The van der Waals surface area contributed by atoms with Crippen LogP contribution in [0.25, 0.3) is 0 Å². The SMILES string of the molecule is C[SiH](C)[Si](O)([SiH3])C1=CCCCC1. The summed E-state index contributed by atoms with van der Waals surface area (Å²) in [5.74, 6) is 0. The molecule has 0 aliphatic heterocycles. The molecule has 70 valence electrons. The monoisotopic (exact) mass is 216 g/mol. The highest BCUT2D eigenvalue weighted by molar-refractivity contribution is 7.50. The molecule has 0 bridgehead atoms. The largest absolute Gasteiger partial charge is 0.434 e. The van der Waals surface area contributed by atoms with Gasteiger partial charge in [0, 0.05) is 9.76 Å². The molecule has 1 aliphatic rings. The number of hydrogen-bond donors (Lipinski definition) is 1. The fourth-order valence-corrected chi connectivity index (χ4v) is 8.02. The minimum absolute atomic E-state index is 0.765. The quantitative estimate of drug-likeness (QED) is 0.662. The Balaban J connectivity index is 2.72. The Morgan fingerprint density at radius 1 is 1.50 bits per heavy atom. The summed E-state index contributed by atoms with van der Waals surface area (Å²) in [6, 6.07) is 0. The Morgan fingerprint density at radius 2 is 2.17 bits per heavy atom. The van der Waals surface area contributed by atoms with Crippen molar-refractivity contribution in [1.82, 2.24) is 0 Å². The van der Waals surface area contributed by atoms with Crippen molar-refractivity contribution in [2.45, 2.75) is 38.8 Å². The van der Waals surface area contributed by atoms with Crippen molar-refractivity contribution in [3.05, 3.63) is 11.3 Å². The molecule has 0 amide bonds. The highest BCUT2D eigenvalue weighted by Crippen LogP contribution is 2.24. The summed E-state index contributed by atoms with van der Waals surface area (Å²) in [7, 11) is -1.44. The molecule has 0 aromatic rings. The maximum atomic E-state index is 10.4. The summed E-state index contributed by atoms with van der Waals surface area (Å²) in [6.07, 6.45) is 7.47. The van der Waals surface area contributed by atoms with Gasteiger partial charge >= 0.3 is 0 Å². The lowest BCUT2D eigenvalue weighted by molar-refractivity contribution is 0.580. The van der Waals surface area contributed by atoms with Crippen molar-refractivity contribution in [3.63, 3.8) is 0 Å². The smallest absolute Gasteiger partial charge is 0.174 e. The molecule has 12 heavy (non-hydrogen) atoms. The molecule has 4 heteroatoms. The third kappa shape index (κ3) is 2.19. The predicted octanol–water partition coefficient (Wildman–Crippen LogP) is 0.391. The predicted molar refractivity (Wildman–Crippen MR) is 63.3 cm³/mol. The Morgan fingerprint density at radius 3 is 2.58 bits per heavy atom. The van der Waals surface area contributed by atoms with E-state index in [1.807, 2.05) is 0 Å². The standard InChI is InChI=1S/C8H20OSi3/c1-11(2)12(9,10)8-6-4-3-5-7-8/h6,9,11H,3-5,7H2,1-2,10H3. The van der Waals surface area contributed by atoms with Crippen molar-refractivity contribution >= 4 is 25.4 Å². The molecule has 0 spiro atoms. The number of rotatable bonds is 2. The van der Waals surface area contributed by atoms with Gasteiger partial charge in [-0.15, -0.1) is 0 Å². The molecule has 1 N–H and O–H groups in total. The van der Waals surface area contributed by atoms with Gasteiger partial charge < -0.3 is 4.80 Å². The summed E-state index contributed by atoms with van der Waals surface area (Å²) in [4.78, 5) is 10.4. The first-order chi connectivity index (χ1) is 5.55. The van der Waals surface area contributed by atoms with Crippen LogP contribution in [0.3, 0.4) is 0 Å². The van der Waals surface area contributed by atoms with E-state index in [2.05, 4.69) is 19.2 Å². The van der Waals surface area contributed by atoms with Crippen LogP contribution in [0.15, 0.2) is 11.3 Å². The second kappa shape index (κ2) is 4.04. The van der Waals surface area contributed by atoms with Gasteiger partial charge in [-0.1, -0.05) is 24.4 Å². The van der Waals surface area contributed by atoms with Crippen LogP contribution >= 0.6 is 0 Å². The van der Waals surface area contributed by atoms with E-state index in [0.717, 1.165) is 9.76 Å². The molecular formula is C8H20OSi3. The lowest BCUT2D eigenvalue weighted by Gasteiger charge is -2.29. The second-order valence-electron chi connectivity index (χ2n) is 4.28. The first-order valence-electron chi connectivity index (χ1n) is 4.97. The van der Waals surface area contributed by atoms with E-state index >= 15 is 0 Å². The van der Waals surface area contributed by atoms with Gasteiger partial charge in [-0.2, -0.15) is 0 Å². The summed E-state index contributed by atoms with van der Waals surface area (Å²) in [5, 5.41) is 1.52. The van der Waals surface area contributed by atoms with Gasteiger partial charge in [0.1, 0.15) is 0 Å². The molecule has 1 aliphatic carbocycles. The Bertz CT molecular complexity index is 187. The zero-order valence-electron chi connectivity index (χ0n) is 8.43. The summed E-state index contributed by atoms with van der Waals surface area (Å²) < 4.78 is 0. The molecule has 1 nitrogen and oxygen atoms in total. The van der Waals surface area contributed by atoms with Gasteiger partial charge in [-0.05, 0) is 25.7 Å². The van der Waals surface area contributed by atoms with E-state index in [4.69, 9.17) is 0 Å². The zero-order chi connectivity index (χ0) is 9.19. The number of allylic oxidation sites excluding steroid dienone is 2. The summed E-state index contributed by atoms with van der Waals surface area (Å²) in [6.45, 7) is 4.63. The Kier molecular flexibility index (Phi) is 3.51. The van der Waals surface area contributed by atoms with Crippen molar-refractivity contribution in [3.8, 4) is 0 Å². The summed E-state index contributed by atoms with van der Waals surface area (Å²) in [5.41, 5.74) is 0. The van der Waals surface area contributed by atoms with Crippen LogP contribution < -0.4 is 0 Å². The fourth-order valence-electron chi connectivity index (χ4n) is 1.67. The second-order valence-corrected chi connectivity index (χ2v) is 24.4. The molecule has 1 atom stereocenters. The van der Waals surface area contributed by atoms with Crippen molar-refractivity contribution in [2.24, 2.45) is 0 Å². The molecule has 0 saturated carbocycles. The van der Waals surface area contributed by atoms with Crippen LogP contribution in [-0.2, 0) is 0 Å². The molecule has 0 saturated heterocycles. The third-order valence-electron chi connectivity index (χ3n) is 3.07. The molecule has 0 heterocycles. The minimum atomic E-state index is -1.74. The molecular weight excluding hydrogens is 196 g/mol. The highest BCUT2D eigenvalue weighted by atomic mass is 29.6. The first kappa shape index (κ1) is 10.4. The zero-order valence-corrected chi connectivity index (χ0v) is 12.6. The van der Waals surface area contributed by atoms with E-state index in [1.54, 1.807) is 0 Å². The highest BCUT2D eigenvalue weighted by Gasteiger charge is 2.33. The lowest BCUT2D eigenvalue weighted by atomic mass is 10.1. The van der Waals surface area contributed by atoms with Crippen LogP contribution in [0.1, 0.15) is 25.7 Å². The number of hydrogen-bond acceptors (Lipinski definition) is 1. The van der Waals surface area contributed by atoms with Gasteiger partial charge in [-0.25, -0.2) is 0 Å². The maximum Gasteiger partial charge on any atom is 0.174 e. The topological polar surface area (TPSA) is 20.2 Å². The van der Waals surface area contributed by atoms with E-state index in [1.165, 1.54) is 30.9 Å². The van der Waals surface area contributed by atoms with Gasteiger partial charge in [0.2, 0.25) is 0 Å². The van der Waals surface area contributed by atoms with Crippen LogP contribution in [0.5, 0.6) is 0 Å². The summed E-state index contributed by atoms with van der Waals surface area (Å²) >= 11 is 0. The van der Waals surface area contributed by atoms with Crippen molar-refractivity contribution < 1.29 is 4.80 Å². The Hall–Kier alpha value is 0.351. The Labute approximate surface area is 80.6 Å². The molecule has 1 rings (SSSR count).